The summed E-state index contributed by atoms with van der Waals surface area (Å²) in [6, 6.07) is 14.4. The number of rotatable bonds is 19. The quantitative estimate of drug-likeness (QED) is 0.0284. The fourth-order valence-corrected chi connectivity index (χ4v) is 5.19. The van der Waals surface area contributed by atoms with Crippen LogP contribution in [0.3, 0.4) is 0 Å². The average molecular weight is 918 g/mol. The van der Waals surface area contributed by atoms with Gasteiger partial charge in [0.05, 0.1) is 22.6 Å². The van der Waals surface area contributed by atoms with E-state index in [9.17, 15) is 28.8 Å². The van der Waals surface area contributed by atoms with Gasteiger partial charge in [-0.2, -0.15) is 0 Å². The van der Waals surface area contributed by atoms with Crippen molar-refractivity contribution in [2.24, 2.45) is 20.9 Å². The summed E-state index contributed by atoms with van der Waals surface area (Å²) in [7, 11) is 0. The molecule has 0 saturated carbocycles. The molecule has 0 bridgehead atoms. The third-order valence-electron chi connectivity index (χ3n) is 10.1. The highest BCUT2D eigenvalue weighted by molar-refractivity contribution is 5.94. The molecule has 21 heteroatoms. The zero-order valence-electron chi connectivity index (χ0n) is 38.9. The van der Waals surface area contributed by atoms with Gasteiger partial charge in [-0.25, -0.2) is 28.8 Å². The number of carbonyl (C=O) groups is 6. The fourth-order valence-electron chi connectivity index (χ4n) is 5.19. The molecule has 0 radical (unpaired) electrons. The minimum absolute atomic E-state index is 0.169. The molecular formula is C45H59N9O12. The summed E-state index contributed by atoms with van der Waals surface area (Å²) in [5.41, 5.74) is 3.88. The summed E-state index contributed by atoms with van der Waals surface area (Å²) in [4.78, 5) is 91.6. The molecule has 0 fully saturated rings. The van der Waals surface area contributed by atoms with Gasteiger partial charge in [0.15, 0.2) is 0 Å². The summed E-state index contributed by atoms with van der Waals surface area (Å²) in [6.07, 6.45) is -3.25. The maximum Gasteiger partial charge on any atom is 0.437 e. The van der Waals surface area contributed by atoms with Gasteiger partial charge in [-0.3, -0.25) is 46.4 Å². The summed E-state index contributed by atoms with van der Waals surface area (Å²) in [5.74, 6) is 0. The molecule has 0 heterocycles. The van der Waals surface area contributed by atoms with Crippen molar-refractivity contribution in [2.45, 2.75) is 94.9 Å². The number of nitrogens with one attached hydrogen (secondary N) is 6. The summed E-state index contributed by atoms with van der Waals surface area (Å²) in [6.45, 7) is 16.2. The molecule has 6 N–H and O–H groups in total. The highest BCUT2D eigenvalue weighted by Gasteiger charge is 2.35. The molecule has 356 valence electrons. The number of oxime groups is 3. The summed E-state index contributed by atoms with van der Waals surface area (Å²) < 4.78 is 17.0. The Morgan fingerprint density at radius 2 is 0.652 bits per heavy atom. The third kappa shape index (κ3) is 17.1. The number of carbonyl (C=O) groups excluding carboxylic acids is 6. The minimum atomic E-state index is -1.30. The lowest BCUT2D eigenvalue weighted by atomic mass is 9.88. The number of hydrogen-bond acceptors (Lipinski definition) is 15. The zero-order chi connectivity index (χ0) is 48.8. The van der Waals surface area contributed by atoms with Crippen LogP contribution in [0, 0.1) is 26.2 Å². The van der Waals surface area contributed by atoms with E-state index >= 15 is 0 Å². The van der Waals surface area contributed by atoms with Crippen molar-refractivity contribution < 1.29 is 57.5 Å². The Kier molecular flexibility index (Phi) is 20.9. The van der Waals surface area contributed by atoms with E-state index in [-0.39, 0.29) is 6.42 Å². The van der Waals surface area contributed by atoms with Crippen LogP contribution in [0.2, 0.25) is 0 Å². The second-order valence-corrected chi connectivity index (χ2v) is 14.9. The smallest absolute Gasteiger partial charge is 0.437 e. The van der Waals surface area contributed by atoms with Crippen molar-refractivity contribution in [3.05, 3.63) is 71.3 Å². The Morgan fingerprint density at radius 3 is 0.864 bits per heavy atom. The highest BCUT2D eigenvalue weighted by Crippen LogP contribution is 2.29. The SMILES string of the molecule is CC/C(C)=N\OC(=O)Nc1cccc(NC(=O)OCC(CC)(COC(=O)Nc2cccc(NC(=O)O/N=C(/C)CC)c2C)COC(=O)Nc2cccc(NC(=O)O/N=C(/C)CC)c2C)c1C. The van der Waals surface area contributed by atoms with E-state index in [1.54, 1.807) is 103 Å². The van der Waals surface area contributed by atoms with E-state index in [1.165, 1.54) is 0 Å². The van der Waals surface area contributed by atoms with Crippen LogP contribution in [-0.4, -0.2) is 73.5 Å². The summed E-state index contributed by atoms with van der Waals surface area (Å²) >= 11 is 0. The van der Waals surface area contributed by atoms with Gasteiger partial charge in [0, 0.05) is 34.1 Å². The third-order valence-corrected chi connectivity index (χ3v) is 10.1. The van der Waals surface area contributed by atoms with Gasteiger partial charge in [0.25, 0.3) is 0 Å². The van der Waals surface area contributed by atoms with Gasteiger partial charge in [-0.1, -0.05) is 61.4 Å². The molecule has 0 unspecified atom stereocenters. The second kappa shape index (κ2) is 26.2. The Hall–Kier alpha value is -7.71. The van der Waals surface area contributed by atoms with Crippen molar-refractivity contribution in [3.8, 4) is 0 Å². The Bertz CT molecular complexity index is 2060. The minimum Gasteiger partial charge on any atom is -0.448 e. The van der Waals surface area contributed by atoms with Crippen LogP contribution in [-0.2, 0) is 28.7 Å². The van der Waals surface area contributed by atoms with Gasteiger partial charge < -0.3 is 14.2 Å². The lowest BCUT2D eigenvalue weighted by Gasteiger charge is -2.31. The van der Waals surface area contributed by atoms with Gasteiger partial charge in [-0.05, 0) is 120 Å². The number of nitrogens with zero attached hydrogens (tertiary/aromatic N) is 3. The van der Waals surface area contributed by atoms with E-state index in [0.717, 1.165) is 0 Å². The van der Waals surface area contributed by atoms with E-state index in [4.69, 9.17) is 28.7 Å². The van der Waals surface area contributed by atoms with Gasteiger partial charge in [0.2, 0.25) is 0 Å². The van der Waals surface area contributed by atoms with Crippen molar-refractivity contribution >= 4 is 87.8 Å². The lowest BCUT2D eigenvalue weighted by Crippen LogP contribution is -2.40. The van der Waals surface area contributed by atoms with E-state index in [2.05, 4.69) is 47.4 Å². The van der Waals surface area contributed by atoms with Crippen LogP contribution < -0.4 is 31.9 Å². The van der Waals surface area contributed by atoms with E-state index in [1.807, 2.05) is 20.8 Å². The molecular weight excluding hydrogens is 859 g/mol. The van der Waals surface area contributed by atoms with Crippen LogP contribution in [0.4, 0.5) is 62.9 Å². The van der Waals surface area contributed by atoms with Crippen LogP contribution in [0.1, 0.15) is 90.8 Å². The molecule has 0 spiro atoms. The second-order valence-electron chi connectivity index (χ2n) is 14.9. The topological polar surface area (TPSA) is 267 Å². The molecule has 6 amide bonds. The van der Waals surface area contributed by atoms with Crippen LogP contribution >= 0.6 is 0 Å². The Labute approximate surface area is 383 Å². The standard InChI is InChI=1S/C45H59N9O12/c1-11-27(5)52-64-42(58)49-36-21-15-18-33(30(36)8)46-39(55)61-24-45(14-4,25-62-40(56)47-34-19-16-22-37(31(34)9)50-43(59)65-53-28(6)12-2)26-63-41(57)48-35-20-17-23-38(32(35)10)51-44(60)66-54-29(7)13-3/h15-23H,11-14,24-26H2,1-10H3,(H,46,55)(H,47,56)(H,48,57)(H,49,58)(H,50,59)(H,51,60)/b52-27-,53-28-,54-29-. The lowest BCUT2D eigenvalue weighted by molar-refractivity contribution is -0.0104. The van der Waals surface area contributed by atoms with Gasteiger partial charge in [-0.15, -0.1) is 0 Å². The molecule has 3 aromatic rings. The molecule has 0 aliphatic heterocycles. The average Bonchev–Trinajstić information content (AvgIpc) is 3.30. The first-order chi connectivity index (χ1) is 31.4. The number of benzene rings is 3. The molecule has 0 aliphatic carbocycles. The van der Waals surface area contributed by atoms with Crippen molar-refractivity contribution in [1.82, 2.24) is 0 Å². The van der Waals surface area contributed by atoms with Gasteiger partial charge >= 0.3 is 36.6 Å². The molecule has 0 atom stereocenters. The largest absolute Gasteiger partial charge is 0.448 e. The monoisotopic (exact) mass is 917 g/mol. The van der Waals surface area contributed by atoms with E-state index < -0.39 is 61.8 Å². The maximum absolute atomic E-state index is 13.3. The zero-order valence-corrected chi connectivity index (χ0v) is 38.9. The normalized spacial score (nSPS) is 11.6. The highest BCUT2D eigenvalue weighted by atomic mass is 16.7. The maximum atomic E-state index is 13.3. The molecule has 0 aliphatic rings. The number of ether oxygens (including phenoxy) is 3. The Balaban J connectivity index is 1.79. The number of amides is 6. The number of hydrogen-bond donors (Lipinski definition) is 6. The molecule has 3 rings (SSSR count). The van der Waals surface area contributed by atoms with Crippen LogP contribution in [0.25, 0.3) is 0 Å². The predicted molar refractivity (Wildman–Crippen MR) is 252 cm³/mol. The predicted octanol–water partition coefficient (Wildman–Crippen LogP) is 11.1. The van der Waals surface area contributed by atoms with Crippen molar-refractivity contribution in [2.75, 3.05) is 51.7 Å². The first-order valence-corrected chi connectivity index (χ1v) is 21.1. The molecule has 3 aromatic carbocycles. The molecule has 21 nitrogen and oxygen atoms in total. The van der Waals surface area contributed by atoms with Gasteiger partial charge in [0.1, 0.15) is 19.8 Å². The molecule has 0 saturated heterocycles. The fraction of sp³-hybridized carbons (Fsp3) is 0.400. The van der Waals surface area contributed by atoms with Crippen LogP contribution in [0.5, 0.6) is 0 Å². The van der Waals surface area contributed by atoms with Crippen molar-refractivity contribution in [1.29, 1.82) is 0 Å². The van der Waals surface area contributed by atoms with Crippen LogP contribution in [0.15, 0.2) is 70.1 Å². The molecule has 66 heavy (non-hydrogen) atoms. The Morgan fingerprint density at radius 1 is 0.424 bits per heavy atom. The first kappa shape index (κ1) is 52.6. The van der Waals surface area contributed by atoms with Crippen molar-refractivity contribution in [3.63, 3.8) is 0 Å². The molecule has 0 aromatic heterocycles. The number of anilines is 6. The van der Waals surface area contributed by atoms with E-state index in [0.29, 0.717) is 87.2 Å². The first-order valence-electron chi connectivity index (χ1n) is 21.1. The summed E-state index contributed by atoms with van der Waals surface area (Å²) in [5, 5.41) is 26.9.